The predicted octanol–water partition coefficient (Wildman–Crippen LogP) is 2.86. The molecule has 1 aromatic heterocycles. The molecule has 0 saturated carbocycles. The Bertz CT molecular complexity index is 577. The van der Waals surface area contributed by atoms with Crippen molar-refractivity contribution in [3.8, 4) is 0 Å². The van der Waals surface area contributed by atoms with Crippen LogP contribution in [0.25, 0.3) is 0 Å². The zero-order valence-corrected chi connectivity index (χ0v) is 11.0. The summed E-state index contributed by atoms with van der Waals surface area (Å²) < 4.78 is 1.53. The van der Waals surface area contributed by atoms with Gasteiger partial charge in [-0.25, -0.2) is 9.78 Å². The van der Waals surface area contributed by atoms with E-state index in [-0.39, 0.29) is 12.1 Å². The number of rotatable bonds is 1. The number of aryl methyl sites for hydroxylation is 1. The van der Waals surface area contributed by atoms with E-state index in [4.69, 9.17) is 0 Å². The standard InChI is InChI=1S/C15H17N3O/c1-17(15(19)18-10-9-16-11-18)14-8-4-6-12-5-2-3-7-13(12)14/h2-3,5,7,9-11,14H,4,6,8H2,1H3. The lowest BCUT2D eigenvalue weighted by Gasteiger charge is -2.33. The summed E-state index contributed by atoms with van der Waals surface area (Å²) >= 11 is 0. The monoisotopic (exact) mass is 255 g/mol. The normalized spacial score (nSPS) is 17.8. The quantitative estimate of drug-likeness (QED) is 0.786. The Balaban J connectivity index is 1.89. The zero-order chi connectivity index (χ0) is 13.2. The molecule has 0 radical (unpaired) electrons. The lowest BCUT2D eigenvalue weighted by molar-refractivity contribution is 0.185. The van der Waals surface area contributed by atoms with E-state index in [2.05, 4.69) is 23.2 Å². The molecule has 98 valence electrons. The largest absolute Gasteiger partial charge is 0.329 e. The van der Waals surface area contributed by atoms with Gasteiger partial charge in [0.05, 0.1) is 6.04 Å². The van der Waals surface area contributed by atoms with Crippen molar-refractivity contribution in [2.24, 2.45) is 0 Å². The zero-order valence-electron chi connectivity index (χ0n) is 11.0. The van der Waals surface area contributed by atoms with Gasteiger partial charge in [-0.3, -0.25) is 4.57 Å². The highest BCUT2D eigenvalue weighted by molar-refractivity contribution is 5.77. The fourth-order valence-electron chi connectivity index (χ4n) is 2.82. The second kappa shape index (κ2) is 4.88. The summed E-state index contributed by atoms with van der Waals surface area (Å²) in [6.07, 6.45) is 8.12. The first kappa shape index (κ1) is 12.0. The summed E-state index contributed by atoms with van der Waals surface area (Å²) in [7, 11) is 1.87. The third-order valence-corrected chi connectivity index (χ3v) is 3.83. The molecule has 0 saturated heterocycles. The van der Waals surface area contributed by atoms with Crippen LogP contribution in [0.3, 0.4) is 0 Å². The maximum Gasteiger partial charge on any atom is 0.329 e. The van der Waals surface area contributed by atoms with Gasteiger partial charge in [-0.1, -0.05) is 24.3 Å². The van der Waals surface area contributed by atoms with Crippen molar-refractivity contribution in [1.82, 2.24) is 14.5 Å². The molecule has 0 bridgehead atoms. The lowest BCUT2D eigenvalue weighted by Crippen LogP contribution is -2.35. The van der Waals surface area contributed by atoms with Crippen LogP contribution >= 0.6 is 0 Å². The number of amides is 1. The maximum absolute atomic E-state index is 12.4. The first-order valence-electron chi connectivity index (χ1n) is 6.60. The van der Waals surface area contributed by atoms with Gasteiger partial charge < -0.3 is 4.90 Å². The Hall–Kier alpha value is -2.10. The van der Waals surface area contributed by atoms with Gasteiger partial charge in [0.2, 0.25) is 0 Å². The molecule has 1 aliphatic rings. The minimum absolute atomic E-state index is 0.0285. The van der Waals surface area contributed by atoms with Gasteiger partial charge >= 0.3 is 6.03 Å². The fourth-order valence-corrected chi connectivity index (χ4v) is 2.82. The number of benzene rings is 1. The van der Waals surface area contributed by atoms with Crippen LogP contribution in [0.15, 0.2) is 43.0 Å². The number of hydrogen-bond donors (Lipinski definition) is 0. The van der Waals surface area contributed by atoms with E-state index in [0.717, 1.165) is 19.3 Å². The number of carbonyl (C=O) groups is 1. The molecule has 1 amide bonds. The number of fused-ring (bicyclic) bond motifs is 1. The molecule has 4 heteroatoms. The molecule has 4 nitrogen and oxygen atoms in total. The van der Waals surface area contributed by atoms with E-state index in [1.54, 1.807) is 18.7 Å². The number of imidazole rings is 1. The molecule has 1 heterocycles. The summed E-state index contributed by atoms with van der Waals surface area (Å²) in [5, 5.41) is 0. The Morgan fingerprint density at radius 2 is 2.26 bits per heavy atom. The van der Waals surface area contributed by atoms with E-state index in [0.29, 0.717) is 0 Å². The van der Waals surface area contributed by atoms with Gasteiger partial charge in [0.25, 0.3) is 0 Å². The average molecular weight is 255 g/mol. The molecular formula is C15H17N3O. The van der Waals surface area contributed by atoms with Gasteiger partial charge in [0, 0.05) is 19.4 Å². The van der Waals surface area contributed by atoms with Crippen molar-refractivity contribution in [2.45, 2.75) is 25.3 Å². The van der Waals surface area contributed by atoms with E-state index < -0.39 is 0 Å². The van der Waals surface area contributed by atoms with Crippen LogP contribution in [-0.2, 0) is 6.42 Å². The highest BCUT2D eigenvalue weighted by Gasteiger charge is 2.26. The van der Waals surface area contributed by atoms with Crippen molar-refractivity contribution in [1.29, 1.82) is 0 Å². The second-order valence-electron chi connectivity index (χ2n) is 4.97. The topological polar surface area (TPSA) is 38.1 Å². The van der Waals surface area contributed by atoms with E-state index in [1.165, 1.54) is 15.7 Å². The molecule has 1 unspecified atom stereocenters. The number of hydrogen-bond acceptors (Lipinski definition) is 2. The van der Waals surface area contributed by atoms with Gasteiger partial charge in [-0.15, -0.1) is 0 Å². The van der Waals surface area contributed by atoms with Crippen molar-refractivity contribution in [2.75, 3.05) is 7.05 Å². The van der Waals surface area contributed by atoms with Crippen LogP contribution in [0.5, 0.6) is 0 Å². The molecule has 1 aliphatic carbocycles. The third kappa shape index (κ3) is 2.14. The highest BCUT2D eigenvalue weighted by atomic mass is 16.2. The van der Waals surface area contributed by atoms with Gasteiger partial charge in [-0.2, -0.15) is 0 Å². The molecule has 19 heavy (non-hydrogen) atoms. The minimum Gasteiger partial charge on any atom is -0.320 e. The highest BCUT2D eigenvalue weighted by Crippen LogP contribution is 2.33. The minimum atomic E-state index is -0.0285. The first-order valence-corrected chi connectivity index (χ1v) is 6.60. The summed E-state index contributed by atoms with van der Waals surface area (Å²) in [6, 6.07) is 8.55. The number of aromatic nitrogens is 2. The Labute approximate surface area is 112 Å². The summed E-state index contributed by atoms with van der Waals surface area (Å²) in [4.78, 5) is 18.1. The predicted molar refractivity (Wildman–Crippen MR) is 72.9 cm³/mol. The smallest absolute Gasteiger partial charge is 0.320 e. The summed E-state index contributed by atoms with van der Waals surface area (Å²) in [6.45, 7) is 0. The number of nitrogens with zero attached hydrogens (tertiary/aromatic N) is 3. The fraction of sp³-hybridized carbons (Fsp3) is 0.333. The Morgan fingerprint density at radius 3 is 3.05 bits per heavy atom. The Morgan fingerprint density at radius 1 is 1.42 bits per heavy atom. The molecular weight excluding hydrogens is 238 g/mol. The van der Waals surface area contributed by atoms with Crippen LogP contribution in [0.1, 0.15) is 30.0 Å². The molecule has 1 aromatic carbocycles. The van der Waals surface area contributed by atoms with Crippen LogP contribution in [-0.4, -0.2) is 27.5 Å². The lowest BCUT2D eigenvalue weighted by atomic mass is 9.87. The summed E-state index contributed by atoms with van der Waals surface area (Å²) in [5.41, 5.74) is 2.65. The second-order valence-corrected chi connectivity index (χ2v) is 4.97. The number of carbonyl (C=O) groups excluding carboxylic acids is 1. The molecule has 3 rings (SSSR count). The van der Waals surface area contributed by atoms with Crippen LogP contribution in [0.2, 0.25) is 0 Å². The van der Waals surface area contributed by atoms with Gasteiger partial charge in [0.1, 0.15) is 6.33 Å². The van der Waals surface area contributed by atoms with E-state index in [9.17, 15) is 4.79 Å². The van der Waals surface area contributed by atoms with Crippen LogP contribution < -0.4 is 0 Å². The molecule has 0 N–H and O–H groups in total. The third-order valence-electron chi connectivity index (χ3n) is 3.83. The molecule has 1 atom stereocenters. The van der Waals surface area contributed by atoms with E-state index >= 15 is 0 Å². The molecule has 0 fully saturated rings. The molecule has 0 spiro atoms. The molecule has 2 aromatic rings. The van der Waals surface area contributed by atoms with Crippen molar-refractivity contribution in [3.05, 3.63) is 54.1 Å². The SMILES string of the molecule is CN(C(=O)n1ccnc1)C1CCCc2ccccc21. The van der Waals surface area contributed by atoms with Crippen LogP contribution in [0.4, 0.5) is 4.79 Å². The van der Waals surface area contributed by atoms with Crippen molar-refractivity contribution >= 4 is 6.03 Å². The molecule has 0 aliphatic heterocycles. The average Bonchev–Trinajstić information content (AvgIpc) is 2.99. The Kier molecular flexibility index (Phi) is 3.07. The van der Waals surface area contributed by atoms with Crippen molar-refractivity contribution in [3.63, 3.8) is 0 Å². The van der Waals surface area contributed by atoms with Gasteiger partial charge in [0.15, 0.2) is 0 Å². The summed E-state index contributed by atoms with van der Waals surface area (Å²) in [5.74, 6) is 0. The maximum atomic E-state index is 12.4. The first-order chi connectivity index (χ1) is 9.27. The van der Waals surface area contributed by atoms with Crippen molar-refractivity contribution < 1.29 is 4.79 Å². The van der Waals surface area contributed by atoms with Crippen LogP contribution in [0, 0.1) is 0 Å². The van der Waals surface area contributed by atoms with Gasteiger partial charge in [-0.05, 0) is 30.4 Å². The van der Waals surface area contributed by atoms with E-state index in [1.807, 2.05) is 18.0 Å².